The van der Waals surface area contributed by atoms with Crippen LogP contribution in [0.2, 0.25) is 0 Å². The first-order valence-corrected chi connectivity index (χ1v) is 9.91. The lowest BCUT2D eigenvalue weighted by molar-refractivity contribution is -0.158. The summed E-state index contributed by atoms with van der Waals surface area (Å²) < 4.78 is 0. The van der Waals surface area contributed by atoms with E-state index in [1.807, 2.05) is 6.92 Å². The van der Waals surface area contributed by atoms with Crippen LogP contribution in [0.3, 0.4) is 0 Å². The average molecular weight is 343 g/mol. The van der Waals surface area contributed by atoms with E-state index in [4.69, 9.17) is 0 Å². The monoisotopic (exact) mass is 342 g/mol. The Kier molecular flexibility index (Phi) is 13.7. The van der Waals surface area contributed by atoms with Crippen molar-refractivity contribution in [3.05, 3.63) is 0 Å². The molecule has 0 amide bonds. The molecule has 0 bridgehead atoms. The minimum Gasteiger partial charge on any atom is -0.481 e. The van der Waals surface area contributed by atoms with Gasteiger partial charge in [-0.05, 0) is 11.8 Å². The van der Waals surface area contributed by atoms with E-state index in [0.29, 0.717) is 0 Å². The molecule has 0 fully saturated rings. The van der Waals surface area contributed by atoms with Gasteiger partial charge in [-0.25, -0.2) is 0 Å². The molecule has 0 rings (SSSR count). The second kappa shape index (κ2) is 14.3. The molecule has 0 aliphatic carbocycles. The number of carbonyl (C=O) groups is 2. The summed E-state index contributed by atoms with van der Waals surface area (Å²) in [4.78, 5) is 22.7. The van der Waals surface area contributed by atoms with Crippen LogP contribution in [-0.2, 0) is 9.59 Å². The zero-order valence-corrected chi connectivity index (χ0v) is 15.9. The Morgan fingerprint density at radius 1 is 0.708 bits per heavy atom. The summed E-state index contributed by atoms with van der Waals surface area (Å²) in [6.07, 6.45) is 13.7. The van der Waals surface area contributed by atoms with Crippen molar-refractivity contribution in [1.82, 2.24) is 0 Å². The van der Waals surface area contributed by atoms with Gasteiger partial charge in [-0.1, -0.05) is 97.8 Å². The second-order valence-corrected chi connectivity index (χ2v) is 7.18. The number of unbranched alkanes of at least 4 members (excludes halogenated alkanes) is 8. The first-order valence-electron chi connectivity index (χ1n) is 9.91. The van der Waals surface area contributed by atoms with Gasteiger partial charge in [0.25, 0.3) is 0 Å². The molecule has 0 aromatic carbocycles. The summed E-state index contributed by atoms with van der Waals surface area (Å²) in [6, 6.07) is 0. The predicted molar refractivity (Wildman–Crippen MR) is 98.2 cm³/mol. The van der Waals surface area contributed by atoms with Crippen LogP contribution in [0.15, 0.2) is 0 Å². The highest BCUT2D eigenvalue weighted by atomic mass is 16.4. The standard InChI is InChI=1S/C20H38O4/c1-4-6-8-10-11-13-15-17(14-12-9-7-5-2)16(3)18(19(21)22)20(23)24/h16-18H,4-15H2,1-3H3,(H,21,22)(H,23,24). The van der Waals surface area contributed by atoms with Crippen molar-refractivity contribution in [2.75, 3.05) is 0 Å². The van der Waals surface area contributed by atoms with Gasteiger partial charge < -0.3 is 10.2 Å². The average Bonchev–Trinajstić information content (AvgIpc) is 2.51. The summed E-state index contributed by atoms with van der Waals surface area (Å²) in [5, 5.41) is 18.5. The zero-order chi connectivity index (χ0) is 18.4. The van der Waals surface area contributed by atoms with E-state index in [-0.39, 0.29) is 11.8 Å². The van der Waals surface area contributed by atoms with E-state index in [9.17, 15) is 19.8 Å². The topological polar surface area (TPSA) is 74.6 Å². The summed E-state index contributed by atoms with van der Waals surface area (Å²) in [6.45, 7) is 6.18. The third-order valence-electron chi connectivity index (χ3n) is 5.16. The molecule has 4 nitrogen and oxygen atoms in total. The molecule has 0 aliphatic heterocycles. The van der Waals surface area contributed by atoms with Crippen LogP contribution in [0.1, 0.15) is 97.8 Å². The van der Waals surface area contributed by atoms with Gasteiger partial charge in [-0.2, -0.15) is 0 Å². The van der Waals surface area contributed by atoms with E-state index in [1.54, 1.807) is 0 Å². The van der Waals surface area contributed by atoms with Crippen LogP contribution in [0.5, 0.6) is 0 Å². The lowest BCUT2D eigenvalue weighted by atomic mass is 9.77. The number of hydrogen-bond acceptors (Lipinski definition) is 2. The number of hydrogen-bond donors (Lipinski definition) is 2. The van der Waals surface area contributed by atoms with Crippen LogP contribution in [0.4, 0.5) is 0 Å². The fourth-order valence-electron chi connectivity index (χ4n) is 3.52. The summed E-state index contributed by atoms with van der Waals surface area (Å²) >= 11 is 0. The fourth-order valence-corrected chi connectivity index (χ4v) is 3.52. The smallest absolute Gasteiger partial charge is 0.318 e. The number of carboxylic acids is 2. The second-order valence-electron chi connectivity index (χ2n) is 7.18. The van der Waals surface area contributed by atoms with Crippen LogP contribution in [0, 0.1) is 17.8 Å². The Labute approximate surface area is 148 Å². The molecule has 0 saturated heterocycles. The maximum absolute atomic E-state index is 11.3. The minimum absolute atomic E-state index is 0.199. The van der Waals surface area contributed by atoms with Crippen LogP contribution in [0.25, 0.3) is 0 Å². The van der Waals surface area contributed by atoms with Gasteiger partial charge in [0.1, 0.15) is 0 Å². The molecule has 2 unspecified atom stereocenters. The van der Waals surface area contributed by atoms with E-state index in [0.717, 1.165) is 32.1 Å². The third kappa shape index (κ3) is 9.94. The highest BCUT2D eigenvalue weighted by Crippen LogP contribution is 2.31. The molecular weight excluding hydrogens is 304 g/mol. The SMILES string of the molecule is CCCCCCCCC(CCCCCC)C(C)C(C(=O)O)C(=O)O. The Morgan fingerprint density at radius 3 is 1.50 bits per heavy atom. The number of rotatable bonds is 16. The molecule has 0 saturated carbocycles. The predicted octanol–water partition coefficient (Wildman–Crippen LogP) is 5.75. The van der Waals surface area contributed by atoms with E-state index < -0.39 is 17.9 Å². The number of aliphatic carboxylic acids is 2. The van der Waals surface area contributed by atoms with Gasteiger partial charge in [0, 0.05) is 0 Å². The summed E-state index contributed by atoms with van der Waals surface area (Å²) in [7, 11) is 0. The molecular formula is C20H38O4. The lowest BCUT2D eigenvalue weighted by Crippen LogP contribution is -2.34. The van der Waals surface area contributed by atoms with Crippen LogP contribution < -0.4 is 0 Å². The van der Waals surface area contributed by atoms with Gasteiger partial charge >= 0.3 is 11.9 Å². The van der Waals surface area contributed by atoms with Crippen molar-refractivity contribution in [2.45, 2.75) is 97.8 Å². The van der Waals surface area contributed by atoms with Crippen molar-refractivity contribution < 1.29 is 19.8 Å². The molecule has 4 heteroatoms. The Hall–Kier alpha value is -1.06. The van der Waals surface area contributed by atoms with Crippen LogP contribution >= 0.6 is 0 Å². The van der Waals surface area contributed by atoms with Crippen molar-refractivity contribution in [1.29, 1.82) is 0 Å². The van der Waals surface area contributed by atoms with E-state index >= 15 is 0 Å². The van der Waals surface area contributed by atoms with Crippen molar-refractivity contribution in [3.63, 3.8) is 0 Å². The van der Waals surface area contributed by atoms with E-state index in [1.165, 1.54) is 44.9 Å². The molecule has 0 aromatic heterocycles. The van der Waals surface area contributed by atoms with E-state index in [2.05, 4.69) is 13.8 Å². The van der Waals surface area contributed by atoms with Crippen molar-refractivity contribution in [3.8, 4) is 0 Å². The highest BCUT2D eigenvalue weighted by molar-refractivity contribution is 5.93. The molecule has 0 spiro atoms. The Balaban J connectivity index is 4.53. The highest BCUT2D eigenvalue weighted by Gasteiger charge is 2.36. The van der Waals surface area contributed by atoms with Crippen LogP contribution in [-0.4, -0.2) is 22.2 Å². The zero-order valence-electron chi connectivity index (χ0n) is 15.9. The molecule has 142 valence electrons. The van der Waals surface area contributed by atoms with Gasteiger partial charge in [-0.15, -0.1) is 0 Å². The normalized spacial score (nSPS) is 13.8. The van der Waals surface area contributed by atoms with Crippen molar-refractivity contribution >= 4 is 11.9 Å². The minimum atomic E-state index is -1.28. The Bertz CT molecular complexity index is 327. The quantitative estimate of drug-likeness (QED) is 0.277. The van der Waals surface area contributed by atoms with Gasteiger partial charge in [-0.3, -0.25) is 9.59 Å². The van der Waals surface area contributed by atoms with Gasteiger partial charge in [0.15, 0.2) is 5.92 Å². The molecule has 0 aromatic rings. The number of carboxylic acid groups (broad SMARTS) is 2. The summed E-state index contributed by atoms with van der Waals surface area (Å²) in [5.41, 5.74) is 0. The molecule has 2 atom stereocenters. The first-order chi connectivity index (χ1) is 11.5. The molecule has 0 heterocycles. The molecule has 2 N–H and O–H groups in total. The largest absolute Gasteiger partial charge is 0.481 e. The van der Waals surface area contributed by atoms with Gasteiger partial charge in [0.2, 0.25) is 0 Å². The first kappa shape index (κ1) is 22.9. The third-order valence-corrected chi connectivity index (χ3v) is 5.16. The maximum Gasteiger partial charge on any atom is 0.318 e. The fraction of sp³-hybridized carbons (Fsp3) is 0.900. The molecule has 24 heavy (non-hydrogen) atoms. The summed E-state index contributed by atoms with van der Waals surface area (Å²) in [5.74, 6) is -3.78. The maximum atomic E-state index is 11.3. The Morgan fingerprint density at radius 2 is 1.08 bits per heavy atom. The van der Waals surface area contributed by atoms with Gasteiger partial charge in [0.05, 0.1) is 0 Å². The molecule has 0 aliphatic rings. The lowest BCUT2D eigenvalue weighted by Gasteiger charge is -2.27. The molecule has 0 radical (unpaired) electrons. The van der Waals surface area contributed by atoms with Crippen molar-refractivity contribution in [2.24, 2.45) is 17.8 Å².